The molecule has 0 bridgehead atoms. The lowest BCUT2D eigenvalue weighted by Crippen LogP contribution is -2.38. The van der Waals surface area contributed by atoms with Gasteiger partial charge in [0.05, 0.1) is 23.8 Å². The van der Waals surface area contributed by atoms with Crippen LogP contribution in [-0.2, 0) is 6.54 Å². The molecule has 0 spiro atoms. The van der Waals surface area contributed by atoms with Gasteiger partial charge in [-0.3, -0.25) is 0 Å². The minimum atomic E-state index is -0.236. The molecule has 0 radical (unpaired) electrons. The van der Waals surface area contributed by atoms with Crippen LogP contribution in [0.1, 0.15) is 28.6 Å². The molecule has 2 amide bonds. The van der Waals surface area contributed by atoms with Gasteiger partial charge in [-0.1, -0.05) is 12.1 Å². The van der Waals surface area contributed by atoms with Crippen LogP contribution in [0.5, 0.6) is 0 Å². The van der Waals surface area contributed by atoms with Gasteiger partial charge in [-0.05, 0) is 25.0 Å². The van der Waals surface area contributed by atoms with Crippen molar-refractivity contribution in [1.29, 1.82) is 0 Å². The first kappa shape index (κ1) is 15.3. The molecule has 1 aliphatic rings. The first-order valence-corrected chi connectivity index (χ1v) is 8.86. The van der Waals surface area contributed by atoms with Gasteiger partial charge in [0.2, 0.25) is 0 Å². The number of nitrogens with zero attached hydrogens (tertiary/aromatic N) is 1. The Bertz CT molecular complexity index is 689. The van der Waals surface area contributed by atoms with Gasteiger partial charge in [0.1, 0.15) is 5.82 Å². The number of thioether (sulfide) groups is 1. The number of aryl methyl sites for hydroxylation is 1. The van der Waals surface area contributed by atoms with Crippen molar-refractivity contribution in [1.82, 2.24) is 15.6 Å². The molecule has 1 aromatic carbocycles. The first-order chi connectivity index (χ1) is 10.6. The second kappa shape index (κ2) is 6.66. The summed E-state index contributed by atoms with van der Waals surface area (Å²) in [5.74, 6) is 0.585. The molecule has 2 aromatic rings. The third kappa shape index (κ3) is 3.25. The Labute approximate surface area is 136 Å². The molecule has 2 heterocycles. The van der Waals surface area contributed by atoms with E-state index in [-0.39, 0.29) is 17.9 Å². The molecule has 7 heteroatoms. The van der Waals surface area contributed by atoms with E-state index < -0.39 is 0 Å². The summed E-state index contributed by atoms with van der Waals surface area (Å²) in [4.78, 5) is 17.9. The van der Waals surface area contributed by atoms with E-state index in [0.29, 0.717) is 11.4 Å². The Balaban J connectivity index is 1.63. The number of carbonyl (C=O) groups is 1. The van der Waals surface area contributed by atoms with Gasteiger partial charge in [-0.2, -0.15) is 0 Å². The van der Waals surface area contributed by atoms with Gasteiger partial charge >= 0.3 is 6.03 Å². The first-order valence-electron chi connectivity index (χ1n) is 6.99. The number of benzene rings is 1. The number of thiazole rings is 1. The van der Waals surface area contributed by atoms with E-state index in [2.05, 4.69) is 15.6 Å². The van der Waals surface area contributed by atoms with Crippen LogP contribution >= 0.6 is 23.1 Å². The number of hydrogen-bond acceptors (Lipinski definition) is 4. The SMILES string of the molecule is Cc1ncsc1CNC(=O)N[C@@H]1CCSc2c(F)cccc21. The fourth-order valence-electron chi connectivity index (χ4n) is 2.40. The van der Waals surface area contributed by atoms with Crippen LogP contribution in [0.2, 0.25) is 0 Å². The quantitative estimate of drug-likeness (QED) is 0.899. The number of hydrogen-bond donors (Lipinski definition) is 2. The molecular formula is C15H16FN3OS2. The van der Waals surface area contributed by atoms with E-state index in [0.717, 1.165) is 28.3 Å². The molecule has 116 valence electrons. The van der Waals surface area contributed by atoms with Crippen molar-refractivity contribution in [2.75, 3.05) is 5.75 Å². The summed E-state index contributed by atoms with van der Waals surface area (Å²) in [5, 5.41) is 5.78. The lowest BCUT2D eigenvalue weighted by molar-refractivity contribution is 0.236. The summed E-state index contributed by atoms with van der Waals surface area (Å²) < 4.78 is 13.8. The topological polar surface area (TPSA) is 54.0 Å². The summed E-state index contributed by atoms with van der Waals surface area (Å²) in [6.07, 6.45) is 0.800. The molecule has 3 rings (SSSR count). The zero-order chi connectivity index (χ0) is 15.5. The van der Waals surface area contributed by atoms with Crippen molar-refractivity contribution >= 4 is 29.1 Å². The molecule has 1 aliphatic heterocycles. The maximum Gasteiger partial charge on any atom is 0.315 e. The van der Waals surface area contributed by atoms with Crippen molar-refractivity contribution in [2.45, 2.75) is 30.8 Å². The lowest BCUT2D eigenvalue weighted by atomic mass is 10.0. The Morgan fingerprint density at radius 2 is 2.36 bits per heavy atom. The van der Waals surface area contributed by atoms with Crippen LogP contribution in [0.3, 0.4) is 0 Å². The van der Waals surface area contributed by atoms with E-state index in [1.165, 1.54) is 29.2 Å². The largest absolute Gasteiger partial charge is 0.333 e. The zero-order valence-electron chi connectivity index (χ0n) is 12.1. The van der Waals surface area contributed by atoms with Crippen molar-refractivity contribution in [3.8, 4) is 0 Å². The summed E-state index contributed by atoms with van der Waals surface area (Å²) in [6, 6.07) is 4.64. The average Bonchev–Trinajstić information content (AvgIpc) is 2.92. The predicted octanol–water partition coefficient (Wildman–Crippen LogP) is 3.63. The Morgan fingerprint density at radius 3 is 3.14 bits per heavy atom. The van der Waals surface area contributed by atoms with Crippen LogP contribution in [0.25, 0.3) is 0 Å². The number of nitrogens with one attached hydrogen (secondary N) is 2. The van der Waals surface area contributed by atoms with Crippen LogP contribution in [0.15, 0.2) is 28.6 Å². The Hall–Kier alpha value is -1.60. The predicted molar refractivity (Wildman–Crippen MR) is 86.7 cm³/mol. The van der Waals surface area contributed by atoms with E-state index in [1.54, 1.807) is 11.6 Å². The van der Waals surface area contributed by atoms with Crippen molar-refractivity contribution < 1.29 is 9.18 Å². The maximum absolute atomic E-state index is 13.8. The highest BCUT2D eigenvalue weighted by atomic mass is 32.2. The smallest absolute Gasteiger partial charge is 0.315 e. The molecule has 0 aliphatic carbocycles. The molecule has 1 aromatic heterocycles. The lowest BCUT2D eigenvalue weighted by Gasteiger charge is -2.26. The minimum Gasteiger partial charge on any atom is -0.333 e. The highest BCUT2D eigenvalue weighted by molar-refractivity contribution is 7.99. The van der Waals surface area contributed by atoms with Crippen LogP contribution in [0, 0.1) is 12.7 Å². The fraction of sp³-hybridized carbons (Fsp3) is 0.333. The van der Waals surface area contributed by atoms with Gasteiger partial charge in [0.25, 0.3) is 0 Å². The van der Waals surface area contributed by atoms with E-state index in [9.17, 15) is 9.18 Å². The summed E-state index contributed by atoms with van der Waals surface area (Å²) in [6.45, 7) is 2.38. The number of urea groups is 1. The number of carbonyl (C=O) groups excluding carboxylic acids is 1. The summed E-state index contributed by atoms with van der Waals surface area (Å²) >= 11 is 3.03. The van der Waals surface area contributed by atoms with Crippen LogP contribution in [0.4, 0.5) is 9.18 Å². The van der Waals surface area contributed by atoms with Gasteiger partial charge in [-0.15, -0.1) is 23.1 Å². The highest BCUT2D eigenvalue weighted by Crippen LogP contribution is 2.37. The third-order valence-electron chi connectivity index (χ3n) is 3.59. The van der Waals surface area contributed by atoms with E-state index in [1.807, 2.05) is 13.0 Å². The van der Waals surface area contributed by atoms with Gasteiger partial charge in [0.15, 0.2) is 0 Å². The van der Waals surface area contributed by atoms with Gasteiger partial charge in [-0.25, -0.2) is 14.2 Å². The highest BCUT2D eigenvalue weighted by Gasteiger charge is 2.24. The molecule has 0 saturated carbocycles. The van der Waals surface area contributed by atoms with Crippen molar-refractivity contribution in [3.05, 3.63) is 45.7 Å². The Morgan fingerprint density at radius 1 is 1.50 bits per heavy atom. The number of fused-ring (bicyclic) bond motifs is 1. The van der Waals surface area contributed by atoms with Crippen molar-refractivity contribution in [2.24, 2.45) is 0 Å². The standard InChI is InChI=1S/C15H16FN3OS2/c1-9-13(22-8-18-9)7-17-15(20)19-12-5-6-21-14-10(12)3-2-4-11(14)16/h2-4,8,12H,5-7H2,1H3,(H2,17,19,20)/t12-/m1/s1. The molecule has 4 nitrogen and oxygen atoms in total. The normalized spacial score (nSPS) is 16.9. The van der Waals surface area contributed by atoms with Crippen LogP contribution < -0.4 is 10.6 Å². The van der Waals surface area contributed by atoms with E-state index in [4.69, 9.17) is 0 Å². The minimum absolute atomic E-state index is 0.144. The number of aromatic nitrogens is 1. The second-order valence-electron chi connectivity index (χ2n) is 5.04. The number of halogens is 1. The molecule has 0 fully saturated rings. The molecule has 0 unspecified atom stereocenters. The molecule has 1 atom stereocenters. The zero-order valence-corrected chi connectivity index (χ0v) is 13.7. The van der Waals surface area contributed by atoms with Gasteiger partial charge < -0.3 is 10.6 Å². The monoisotopic (exact) mass is 337 g/mol. The number of rotatable bonds is 3. The molecule has 22 heavy (non-hydrogen) atoms. The van der Waals surface area contributed by atoms with Crippen LogP contribution in [-0.4, -0.2) is 16.8 Å². The number of amides is 2. The molecular weight excluding hydrogens is 321 g/mol. The molecule has 0 saturated heterocycles. The fourth-order valence-corrected chi connectivity index (χ4v) is 4.26. The second-order valence-corrected chi connectivity index (χ2v) is 7.08. The molecule has 2 N–H and O–H groups in total. The Kier molecular flexibility index (Phi) is 4.63. The average molecular weight is 337 g/mol. The van der Waals surface area contributed by atoms with Gasteiger partial charge in [0, 0.05) is 15.5 Å². The van der Waals surface area contributed by atoms with E-state index >= 15 is 0 Å². The summed E-state index contributed by atoms with van der Waals surface area (Å²) in [5.41, 5.74) is 3.56. The van der Waals surface area contributed by atoms with Crippen molar-refractivity contribution in [3.63, 3.8) is 0 Å². The maximum atomic E-state index is 13.8. The third-order valence-corrected chi connectivity index (χ3v) is 5.68. The summed E-state index contributed by atoms with van der Waals surface area (Å²) in [7, 11) is 0.